The maximum atomic E-state index is 9.47. The first-order chi connectivity index (χ1) is 21.0. The number of aromatic hydroxyl groups is 1. The normalized spacial score (nSPS) is 9.33. The molecule has 45 heavy (non-hydrogen) atoms. The first-order valence-corrected chi connectivity index (χ1v) is 15.7. The fourth-order valence-corrected chi connectivity index (χ4v) is 5.30. The Bertz CT molecular complexity index is 1670. The largest absolute Gasteiger partial charge is 1.00 e. The molecule has 0 spiro atoms. The molecule has 0 unspecified atom stereocenters. The summed E-state index contributed by atoms with van der Waals surface area (Å²) in [5.74, 6) is 1.25. The summed E-state index contributed by atoms with van der Waals surface area (Å²) in [6.07, 6.45) is 0. The van der Waals surface area contributed by atoms with E-state index >= 15 is 0 Å². The van der Waals surface area contributed by atoms with Crippen LogP contribution in [0.1, 0.15) is 12.6 Å². The molecule has 0 heterocycles. The monoisotopic (exact) mass is 1030 g/mol. The molecular weight excluding hydrogens is 1010 g/mol. The van der Waals surface area contributed by atoms with Crippen molar-refractivity contribution in [2.24, 2.45) is 0 Å². The first-order valence-electron chi connectivity index (χ1n) is 13.0. The van der Waals surface area contributed by atoms with Gasteiger partial charge in [0.15, 0.2) is 0 Å². The molecule has 0 aliphatic heterocycles. The van der Waals surface area contributed by atoms with Crippen LogP contribution in [0.4, 0.5) is 0 Å². The van der Waals surface area contributed by atoms with Crippen LogP contribution in [0.15, 0.2) is 142 Å². The minimum Gasteiger partial charge on any atom is -1.00 e. The Hall–Kier alpha value is 0.414. The number of phenols is 1. The number of hydrogen-bond donors (Lipinski definition) is 1. The molecule has 0 aromatic heterocycles. The van der Waals surface area contributed by atoms with E-state index < -0.39 is 0 Å². The molecule has 0 aliphatic carbocycles. The summed E-state index contributed by atoms with van der Waals surface area (Å²) in [5.41, 5.74) is 2.50. The number of benzene rings is 6. The Morgan fingerprint density at radius 3 is 1.56 bits per heavy atom. The van der Waals surface area contributed by atoms with E-state index in [2.05, 4.69) is 89.1 Å². The van der Waals surface area contributed by atoms with Crippen LogP contribution in [0.3, 0.4) is 0 Å². The van der Waals surface area contributed by atoms with Crippen molar-refractivity contribution < 1.29 is 164 Å². The number of rotatable bonds is 5. The quantitative estimate of drug-likeness (QED) is 0.124. The molecule has 0 saturated carbocycles. The van der Waals surface area contributed by atoms with Crippen LogP contribution < -0.4 is 148 Å². The molecule has 10 heteroatoms. The van der Waals surface area contributed by atoms with Crippen molar-refractivity contribution in [2.75, 3.05) is 0 Å². The van der Waals surface area contributed by atoms with Crippen LogP contribution in [-0.4, -0.2) is 11.6 Å². The molecule has 0 saturated heterocycles. The van der Waals surface area contributed by atoms with Crippen molar-refractivity contribution >= 4 is 75.8 Å². The SMILES string of the molecule is BrCc1ccccc1.Brc1cccc2c(OCc3ccccc3)cccc12.O=CO[O-].Oc1cccc2c(Br)cccc12.[Cs+].[Cs+].[H-]. The van der Waals surface area contributed by atoms with Crippen molar-refractivity contribution in [3.63, 3.8) is 0 Å². The zero-order chi connectivity index (χ0) is 30.9. The van der Waals surface area contributed by atoms with Gasteiger partial charge in [0.25, 0.3) is 6.47 Å². The standard InChI is InChI=1S/C17H13BrO.C10H7BrO.C7H7Br.CH2O3.2Cs.H/c18-16-10-4-9-15-14(16)8-5-11-17(15)19-12-13-6-2-1-3-7-13;11-9-5-1-4-8-7(9)3-2-6-10(8)12;8-6-7-4-2-1-3-5-7;2-1-4-3;;;/h1-11H,12H2;1-6,12H;1-5H,6H2;1,3H;;;/q;;;;2*+1;-1/p-1. The average Bonchev–Trinajstić information content (AvgIpc) is 3.06. The van der Waals surface area contributed by atoms with Gasteiger partial charge in [-0.25, -0.2) is 0 Å². The molecule has 0 bridgehead atoms. The van der Waals surface area contributed by atoms with Crippen LogP contribution in [0.2, 0.25) is 0 Å². The molecule has 0 aliphatic rings. The topological polar surface area (TPSA) is 78.8 Å². The fraction of sp³-hybridized carbons (Fsp3) is 0.0571. The minimum atomic E-state index is -0.181. The number of ether oxygens (including phenoxy) is 1. The number of halogens is 3. The average molecular weight is 1040 g/mol. The van der Waals surface area contributed by atoms with Gasteiger partial charge in [0.2, 0.25) is 0 Å². The van der Waals surface area contributed by atoms with Gasteiger partial charge in [0.1, 0.15) is 18.1 Å². The smallest absolute Gasteiger partial charge is 1.00 e. The van der Waals surface area contributed by atoms with Crippen molar-refractivity contribution in [2.45, 2.75) is 11.9 Å². The Morgan fingerprint density at radius 1 is 0.622 bits per heavy atom. The van der Waals surface area contributed by atoms with Crippen molar-refractivity contribution in [1.82, 2.24) is 0 Å². The third kappa shape index (κ3) is 15.2. The van der Waals surface area contributed by atoms with E-state index in [9.17, 15) is 5.11 Å². The molecule has 222 valence electrons. The van der Waals surface area contributed by atoms with E-state index in [-0.39, 0.29) is 146 Å². The molecule has 6 aromatic carbocycles. The second kappa shape index (κ2) is 25.4. The maximum Gasteiger partial charge on any atom is 1.00 e. The number of carbonyl (C=O) groups is 1. The van der Waals surface area contributed by atoms with E-state index in [1.165, 1.54) is 16.5 Å². The molecule has 6 aromatic rings. The van der Waals surface area contributed by atoms with Crippen molar-refractivity contribution in [3.8, 4) is 11.5 Å². The number of fused-ring (bicyclic) bond motifs is 2. The van der Waals surface area contributed by atoms with Crippen LogP contribution in [0.5, 0.6) is 11.5 Å². The molecule has 0 fully saturated rings. The molecule has 0 atom stereocenters. The molecular formula is C35H29Br3Cs2O5. The second-order valence-corrected chi connectivity index (χ2v) is 11.1. The van der Waals surface area contributed by atoms with Gasteiger partial charge in [0.05, 0.1) is 0 Å². The van der Waals surface area contributed by atoms with E-state index in [0.717, 1.165) is 36.2 Å². The van der Waals surface area contributed by atoms with E-state index in [4.69, 9.17) is 14.8 Å². The first kappa shape index (κ1) is 43.4. The third-order valence-electron chi connectivity index (χ3n) is 5.95. The molecule has 6 rings (SSSR count). The van der Waals surface area contributed by atoms with E-state index in [0.29, 0.717) is 12.4 Å². The van der Waals surface area contributed by atoms with Gasteiger partial charge in [-0.15, -0.1) is 0 Å². The summed E-state index contributed by atoms with van der Waals surface area (Å²) in [7, 11) is 0. The van der Waals surface area contributed by atoms with Crippen molar-refractivity contribution in [1.29, 1.82) is 0 Å². The number of phenolic OH excluding ortho intramolecular Hbond substituents is 1. The molecule has 1 N–H and O–H groups in total. The Balaban J connectivity index is 0.000000649. The van der Waals surface area contributed by atoms with Crippen LogP contribution in [0.25, 0.3) is 21.5 Å². The van der Waals surface area contributed by atoms with Gasteiger partial charge in [0, 0.05) is 25.0 Å². The molecule has 0 radical (unpaired) electrons. The van der Waals surface area contributed by atoms with Crippen molar-refractivity contribution in [3.05, 3.63) is 154 Å². The van der Waals surface area contributed by atoms with Gasteiger partial charge in [-0.05, 0) is 46.2 Å². The zero-order valence-corrected chi connectivity index (χ0v) is 42.2. The summed E-state index contributed by atoms with van der Waals surface area (Å²) >= 11 is 10.3. The summed E-state index contributed by atoms with van der Waals surface area (Å²) in [5, 5.41) is 23.1. The maximum absolute atomic E-state index is 9.47. The number of alkyl halides is 1. The Kier molecular flexibility index (Phi) is 24.5. The minimum absolute atomic E-state index is 0. The van der Waals surface area contributed by atoms with Crippen LogP contribution >= 0.6 is 47.8 Å². The predicted octanol–water partition coefficient (Wildman–Crippen LogP) is 3.63. The van der Waals surface area contributed by atoms with E-state index in [1.54, 1.807) is 6.07 Å². The van der Waals surface area contributed by atoms with Gasteiger partial charge in [-0.3, -0.25) is 4.79 Å². The molecule has 0 amide bonds. The number of hydrogen-bond acceptors (Lipinski definition) is 5. The van der Waals surface area contributed by atoms with Gasteiger partial charge in [-0.1, -0.05) is 157 Å². The summed E-state index contributed by atoms with van der Waals surface area (Å²) in [6.45, 7) is 0.409. The van der Waals surface area contributed by atoms with Gasteiger partial charge >= 0.3 is 138 Å². The Labute approximate surface area is 408 Å². The fourth-order valence-electron chi connectivity index (χ4n) is 3.93. The zero-order valence-electron chi connectivity index (χ0n) is 25.9. The summed E-state index contributed by atoms with van der Waals surface area (Å²) in [4.78, 5) is 11.2. The summed E-state index contributed by atoms with van der Waals surface area (Å²) < 4.78 is 8.04. The summed E-state index contributed by atoms with van der Waals surface area (Å²) in [6, 6.07) is 44.0. The van der Waals surface area contributed by atoms with Gasteiger partial charge < -0.3 is 21.4 Å². The van der Waals surface area contributed by atoms with E-state index in [1.807, 2.05) is 91.0 Å². The van der Waals surface area contributed by atoms with Gasteiger partial charge in [-0.2, -0.15) is 0 Å². The predicted molar refractivity (Wildman–Crippen MR) is 183 cm³/mol. The Morgan fingerprint density at radius 2 is 1.07 bits per heavy atom. The van der Waals surface area contributed by atoms with Crippen LogP contribution in [0, 0.1) is 0 Å². The van der Waals surface area contributed by atoms with Crippen LogP contribution in [-0.2, 0) is 21.6 Å². The second-order valence-electron chi connectivity index (χ2n) is 8.79. The molecule has 5 nitrogen and oxygen atoms in total. The third-order valence-corrected chi connectivity index (χ3v) is 7.98. The number of carbonyl (C=O) groups excluding carboxylic acids is 1.